The predicted molar refractivity (Wildman–Crippen MR) is 96.7 cm³/mol. The summed E-state index contributed by atoms with van der Waals surface area (Å²) in [5.74, 6) is 1.04. The second-order valence-electron chi connectivity index (χ2n) is 4.57. The summed E-state index contributed by atoms with van der Waals surface area (Å²) in [6.45, 7) is 0. The van der Waals surface area contributed by atoms with Gasteiger partial charge in [-0.1, -0.05) is 18.2 Å². The molecule has 0 spiro atoms. The van der Waals surface area contributed by atoms with Gasteiger partial charge in [0.15, 0.2) is 0 Å². The molecule has 5 heteroatoms. The van der Waals surface area contributed by atoms with Crippen LogP contribution in [0.2, 0.25) is 0 Å². The summed E-state index contributed by atoms with van der Waals surface area (Å²) < 4.78 is 0. The highest BCUT2D eigenvalue weighted by molar-refractivity contribution is 5.46. The maximum Gasteiger partial charge on any atom is 0.115 e. The van der Waals surface area contributed by atoms with E-state index in [2.05, 4.69) is 17.2 Å². The lowest BCUT2D eigenvalue weighted by molar-refractivity contribution is 0.474. The van der Waals surface area contributed by atoms with E-state index in [1.165, 1.54) is 37.8 Å². The molecule has 5 nitrogen and oxygen atoms in total. The number of benzene rings is 2. The molecule has 1 atom stereocenters. The molecule has 1 aliphatic carbocycles. The molecule has 0 saturated carbocycles. The van der Waals surface area contributed by atoms with E-state index < -0.39 is 0 Å². The largest absolute Gasteiger partial charge is 0.508 e. The van der Waals surface area contributed by atoms with E-state index in [1.54, 1.807) is 18.2 Å². The number of nitrogens with two attached hydrogens (primary N) is 3. The monoisotopic (exact) mass is 319 g/mol. The van der Waals surface area contributed by atoms with Gasteiger partial charge in [-0.25, -0.2) is 0 Å². The van der Waals surface area contributed by atoms with Crippen LogP contribution in [-0.4, -0.2) is 31.4 Å². The minimum atomic E-state index is 0.303. The van der Waals surface area contributed by atoms with Crippen molar-refractivity contribution in [1.29, 1.82) is 0 Å². The lowest BCUT2D eigenvalue weighted by atomic mass is 9.93. The van der Waals surface area contributed by atoms with E-state index in [-0.39, 0.29) is 0 Å². The van der Waals surface area contributed by atoms with Crippen LogP contribution in [0.25, 0.3) is 0 Å². The third-order valence-electron chi connectivity index (χ3n) is 3.50. The fourth-order valence-corrected chi connectivity index (χ4v) is 2.66. The van der Waals surface area contributed by atoms with Gasteiger partial charge in [-0.15, -0.1) is 0 Å². The molecule has 1 unspecified atom stereocenters. The molecular weight excluding hydrogens is 290 g/mol. The average molecular weight is 319 g/mol. The molecule has 0 saturated heterocycles. The maximum atomic E-state index is 9.46. The zero-order valence-electron chi connectivity index (χ0n) is 14.2. The Morgan fingerprint density at radius 2 is 1.30 bits per heavy atom. The van der Waals surface area contributed by atoms with Crippen molar-refractivity contribution in [3.63, 3.8) is 0 Å². The molecule has 0 aromatic heterocycles. The first kappa shape index (κ1) is 20.9. The Balaban J connectivity index is 0.000000728. The highest BCUT2D eigenvalue weighted by Crippen LogP contribution is 2.39. The van der Waals surface area contributed by atoms with Crippen molar-refractivity contribution in [2.45, 2.75) is 18.8 Å². The second kappa shape index (κ2) is 11.5. The Labute approximate surface area is 138 Å². The lowest BCUT2D eigenvalue weighted by Crippen LogP contribution is -1.95. The Hall–Kier alpha value is -2.08. The summed E-state index contributed by atoms with van der Waals surface area (Å²) in [6, 6.07) is 13.0. The summed E-state index contributed by atoms with van der Waals surface area (Å²) >= 11 is 0. The highest BCUT2D eigenvalue weighted by atomic mass is 16.3. The van der Waals surface area contributed by atoms with Gasteiger partial charge >= 0.3 is 0 Å². The molecule has 0 heterocycles. The summed E-state index contributed by atoms with van der Waals surface area (Å²) in [5, 5.41) is 18.8. The fraction of sp³-hybridized carbons (Fsp3) is 0.333. The van der Waals surface area contributed by atoms with Gasteiger partial charge in [-0.05, 0) is 74.9 Å². The van der Waals surface area contributed by atoms with Gasteiger partial charge in [0.2, 0.25) is 0 Å². The Morgan fingerprint density at radius 1 is 0.783 bits per heavy atom. The molecule has 8 N–H and O–H groups in total. The zero-order chi connectivity index (χ0) is 17.8. The number of hydrogen-bond donors (Lipinski definition) is 5. The van der Waals surface area contributed by atoms with E-state index >= 15 is 0 Å². The van der Waals surface area contributed by atoms with Crippen LogP contribution in [0.1, 0.15) is 29.0 Å². The van der Waals surface area contributed by atoms with Crippen LogP contribution >= 0.6 is 0 Å². The predicted octanol–water partition coefficient (Wildman–Crippen LogP) is 1.90. The van der Waals surface area contributed by atoms with Gasteiger partial charge in [0, 0.05) is 5.92 Å². The van der Waals surface area contributed by atoms with Crippen molar-refractivity contribution in [2.75, 3.05) is 21.1 Å². The standard InChI is InChI=1S/C15H14O2.3CH5N/c16-12-4-1-10(2-5-12)14-7-3-11-9-13(17)6-8-15(11)14;3*1-2/h1-2,4-6,8-9,14,16-17H,3,7H2;3*2H2,1H3. The number of rotatable bonds is 1. The number of aromatic hydroxyl groups is 2. The van der Waals surface area contributed by atoms with Crippen molar-refractivity contribution in [1.82, 2.24) is 0 Å². The van der Waals surface area contributed by atoms with Crippen LogP contribution < -0.4 is 17.2 Å². The van der Waals surface area contributed by atoms with Crippen LogP contribution in [0.4, 0.5) is 0 Å². The summed E-state index contributed by atoms with van der Waals surface area (Å²) in [5.41, 5.74) is 17.3. The molecule has 0 bridgehead atoms. The third-order valence-corrected chi connectivity index (χ3v) is 3.50. The van der Waals surface area contributed by atoms with Crippen molar-refractivity contribution < 1.29 is 10.2 Å². The molecular formula is C18H29N3O2. The van der Waals surface area contributed by atoms with Crippen LogP contribution in [-0.2, 0) is 6.42 Å². The minimum Gasteiger partial charge on any atom is -0.508 e. The number of fused-ring (bicyclic) bond motifs is 1. The topological polar surface area (TPSA) is 119 Å². The van der Waals surface area contributed by atoms with E-state index in [9.17, 15) is 10.2 Å². The Bertz CT molecular complexity index is 557. The lowest BCUT2D eigenvalue weighted by Gasteiger charge is -2.12. The molecule has 128 valence electrons. The van der Waals surface area contributed by atoms with Crippen LogP contribution in [0.5, 0.6) is 11.5 Å². The minimum absolute atomic E-state index is 0.303. The van der Waals surface area contributed by atoms with E-state index in [0.717, 1.165) is 12.8 Å². The summed E-state index contributed by atoms with van der Waals surface area (Å²) in [6.07, 6.45) is 2.08. The second-order valence-corrected chi connectivity index (χ2v) is 4.57. The van der Waals surface area contributed by atoms with Crippen LogP contribution in [0.15, 0.2) is 42.5 Å². The number of phenols is 2. The van der Waals surface area contributed by atoms with Gasteiger partial charge in [-0.3, -0.25) is 0 Å². The molecule has 2 aromatic carbocycles. The van der Waals surface area contributed by atoms with Gasteiger partial charge in [0.25, 0.3) is 0 Å². The van der Waals surface area contributed by atoms with Crippen molar-refractivity contribution in [3.05, 3.63) is 59.2 Å². The Kier molecular flexibility index (Phi) is 10.4. The fourth-order valence-electron chi connectivity index (χ4n) is 2.66. The van der Waals surface area contributed by atoms with Crippen molar-refractivity contribution in [3.8, 4) is 11.5 Å². The van der Waals surface area contributed by atoms with Gasteiger partial charge in [-0.2, -0.15) is 0 Å². The van der Waals surface area contributed by atoms with E-state index in [0.29, 0.717) is 17.4 Å². The highest BCUT2D eigenvalue weighted by Gasteiger charge is 2.23. The van der Waals surface area contributed by atoms with E-state index in [1.807, 2.05) is 24.3 Å². The Morgan fingerprint density at radius 3 is 1.87 bits per heavy atom. The molecule has 1 aliphatic rings. The number of phenolic OH excluding ortho intramolecular Hbond substituents is 2. The van der Waals surface area contributed by atoms with Crippen LogP contribution in [0, 0.1) is 0 Å². The normalized spacial score (nSPS) is 14.1. The molecule has 3 rings (SSSR count). The molecule has 0 aliphatic heterocycles. The molecule has 2 aromatic rings. The first-order valence-electron chi connectivity index (χ1n) is 7.58. The van der Waals surface area contributed by atoms with Gasteiger partial charge in [0.05, 0.1) is 0 Å². The maximum absolute atomic E-state index is 9.46. The summed E-state index contributed by atoms with van der Waals surface area (Å²) in [7, 11) is 4.50. The smallest absolute Gasteiger partial charge is 0.115 e. The molecule has 23 heavy (non-hydrogen) atoms. The zero-order valence-corrected chi connectivity index (χ0v) is 14.2. The summed E-state index contributed by atoms with van der Waals surface area (Å²) in [4.78, 5) is 0. The van der Waals surface area contributed by atoms with Crippen molar-refractivity contribution in [2.24, 2.45) is 17.2 Å². The number of hydrogen-bond acceptors (Lipinski definition) is 5. The molecule has 0 fully saturated rings. The first-order valence-corrected chi connectivity index (χ1v) is 7.58. The van der Waals surface area contributed by atoms with Gasteiger partial charge < -0.3 is 27.4 Å². The third kappa shape index (κ3) is 5.56. The average Bonchev–Trinajstić information content (AvgIpc) is 3.04. The molecule has 0 radical (unpaired) electrons. The quantitative estimate of drug-likeness (QED) is 0.550. The van der Waals surface area contributed by atoms with Crippen molar-refractivity contribution >= 4 is 0 Å². The first-order chi connectivity index (χ1) is 11.2. The van der Waals surface area contributed by atoms with Crippen LogP contribution in [0.3, 0.4) is 0 Å². The number of aryl methyl sites for hydroxylation is 1. The van der Waals surface area contributed by atoms with Gasteiger partial charge in [0.1, 0.15) is 11.5 Å². The van der Waals surface area contributed by atoms with E-state index in [4.69, 9.17) is 0 Å². The SMILES string of the molecule is CN.CN.CN.Oc1ccc(C2CCc3cc(O)ccc32)cc1. The molecule has 0 amide bonds.